The summed E-state index contributed by atoms with van der Waals surface area (Å²) in [5, 5.41) is 14.4. The number of nitrogens with zero attached hydrogens (tertiary/aromatic N) is 3. The Morgan fingerprint density at radius 2 is 1.76 bits per heavy atom. The fraction of sp³-hybridized carbons (Fsp3) is 0.273. The zero-order valence-corrected chi connectivity index (χ0v) is 18.3. The first-order valence-corrected chi connectivity index (χ1v) is 11.5. The Labute approximate surface area is 189 Å². The zero-order chi connectivity index (χ0) is 23.8. The molecule has 1 aliphatic heterocycles. The third-order valence-electron chi connectivity index (χ3n) is 5.37. The topological polar surface area (TPSA) is 102 Å². The lowest BCUT2D eigenvalue weighted by Crippen LogP contribution is -2.36. The molecule has 1 N–H and O–H groups in total. The second kappa shape index (κ2) is 8.91. The molecular weight excluding hydrogens is 456 g/mol. The van der Waals surface area contributed by atoms with Gasteiger partial charge in [0.25, 0.3) is 10.0 Å². The molecule has 0 spiro atoms. The number of hydrogen-bond acceptors (Lipinski definition) is 6. The lowest BCUT2D eigenvalue weighted by atomic mass is 9.93. The van der Waals surface area contributed by atoms with E-state index in [1.165, 1.54) is 11.1 Å². The zero-order valence-electron chi connectivity index (χ0n) is 17.5. The molecule has 0 bridgehead atoms. The van der Waals surface area contributed by atoms with Crippen LogP contribution in [-0.4, -0.2) is 46.2 Å². The van der Waals surface area contributed by atoms with E-state index in [0.717, 1.165) is 28.4 Å². The number of halogens is 2. The highest BCUT2D eigenvalue weighted by molar-refractivity contribution is 7.89. The van der Waals surface area contributed by atoms with Gasteiger partial charge in [-0.25, -0.2) is 0 Å². The van der Waals surface area contributed by atoms with Crippen molar-refractivity contribution >= 4 is 15.9 Å². The van der Waals surface area contributed by atoms with Gasteiger partial charge in [-0.2, -0.15) is 26.4 Å². The molecule has 2 atom stereocenters. The van der Waals surface area contributed by atoms with Crippen LogP contribution in [0.15, 0.2) is 65.7 Å². The van der Waals surface area contributed by atoms with Crippen molar-refractivity contribution in [2.24, 2.45) is 0 Å². The van der Waals surface area contributed by atoms with Gasteiger partial charge in [-0.3, -0.25) is 4.79 Å². The molecule has 2 aromatic carbocycles. The number of benzene rings is 2. The molecule has 1 aromatic heterocycles. The fourth-order valence-electron chi connectivity index (χ4n) is 3.79. The summed E-state index contributed by atoms with van der Waals surface area (Å²) < 4.78 is 55.4. The highest BCUT2D eigenvalue weighted by atomic mass is 32.2. The van der Waals surface area contributed by atoms with Crippen LogP contribution in [0.3, 0.4) is 0 Å². The summed E-state index contributed by atoms with van der Waals surface area (Å²) in [4.78, 5) is 14.5. The molecule has 2 heterocycles. The van der Waals surface area contributed by atoms with Gasteiger partial charge >= 0.3 is 6.61 Å². The van der Waals surface area contributed by atoms with Gasteiger partial charge in [0.2, 0.25) is 5.91 Å². The van der Waals surface area contributed by atoms with E-state index in [9.17, 15) is 27.1 Å². The highest BCUT2D eigenvalue weighted by Gasteiger charge is 2.35. The first-order chi connectivity index (χ1) is 15.7. The predicted molar refractivity (Wildman–Crippen MR) is 113 cm³/mol. The molecule has 174 valence electrons. The molecule has 1 aliphatic rings. The van der Waals surface area contributed by atoms with Gasteiger partial charge in [-0.15, -0.1) is 0 Å². The van der Waals surface area contributed by atoms with Crippen LogP contribution in [-0.2, 0) is 27.9 Å². The fourth-order valence-corrected chi connectivity index (χ4v) is 4.96. The summed E-state index contributed by atoms with van der Waals surface area (Å²) in [6.45, 7) is -1.20. The van der Waals surface area contributed by atoms with E-state index in [1.807, 2.05) is 6.07 Å². The van der Waals surface area contributed by atoms with Gasteiger partial charge in [0.05, 0.1) is 29.2 Å². The Morgan fingerprint density at radius 3 is 2.33 bits per heavy atom. The maximum absolute atomic E-state index is 13.1. The normalized spacial score (nSPS) is 15.4. The number of amides is 1. The van der Waals surface area contributed by atoms with Crippen LogP contribution in [0.1, 0.15) is 29.7 Å². The van der Waals surface area contributed by atoms with Crippen molar-refractivity contribution in [3.8, 4) is 5.75 Å². The number of carbonyl (C=O) groups is 1. The van der Waals surface area contributed by atoms with Crippen molar-refractivity contribution < 1.29 is 31.8 Å². The van der Waals surface area contributed by atoms with Crippen LogP contribution in [0.25, 0.3) is 0 Å². The summed E-state index contributed by atoms with van der Waals surface area (Å²) >= 11 is 0. The van der Waals surface area contributed by atoms with Gasteiger partial charge < -0.3 is 14.7 Å². The van der Waals surface area contributed by atoms with E-state index in [1.54, 1.807) is 31.2 Å². The van der Waals surface area contributed by atoms with Crippen molar-refractivity contribution in [1.82, 2.24) is 14.1 Å². The van der Waals surface area contributed by atoms with Crippen molar-refractivity contribution in [1.29, 1.82) is 0 Å². The predicted octanol–water partition coefficient (Wildman–Crippen LogP) is 2.73. The van der Waals surface area contributed by atoms with Crippen LogP contribution < -0.4 is 4.74 Å². The van der Waals surface area contributed by atoms with E-state index in [-0.39, 0.29) is 29.6 Å². The number of carbonyl (C=O) groups excluding carboxylic acids is 1. The summed E-state index contributed by atoms with van der Waals surface area (Å²) in [5.74, 6) is -1.19. The number of alkyl halides is 2. The van der Waals surface area contributed by atoms with Gasteiger partial charge in [-0.1, -0.05) is 30.3 Å². The summed E-state index contributed by atoms with van der Waals surface area (Å²) in [6.07, 6.45) is 0.423. The second-order valence-corrected chi connectivity index (χ2v) is 9.45. The number of aromatic nitrogens is 2. The maximum atomic E-state index is 13.1. The van der Waals surface area contributed by atoms with Crippen LogP contribution in [0, 0.1) is 0 Å². The molecule has 0 unspecified atom stereocenters. The average molecular weight is 477 g/mol. The molecule has 0 saturated carbocycles. The number of fused-ring (bicyclic) bond motifs is 1. The number of hydrogen-bond donors (Lipinski definition) is 1. The second-order valence-electron chi connectivity index (χ2n) is 7.65. The molecule has 0 saturated heterocycles. The summed E-state index contributed by atoms with van der Waals surface area (Å²) in [6, 6.07) is 13.5. The van der Waals surface area contributed by atoms with Crippen LogP contribution in [0.5, 0.6) is 5.75 Å². The first-order valence-electron chi connectivity index (χ1n) is 10.1. The third-order valence-corrected chi connectivity index (χ3v) is 6.92. The van der Waals surface area contributed by atoms with Crippen LogP contribution >= 0.6 is 0 Å². The first kappa shape index (κ1) is 22.9. The monoisotopic (exact) mass is 477 g/mol. The number of aliphatic hydroxyl groups is 1. The van der Waals surface area contributed by atoms with Crippen LogP contribution in [0.4, 0.5) is 8.78 Å². The smallest absolute Gasteiger partial charge is 0.387 e. The lowest BCUT2D eigenvalue weighted by molar-refractivity contribution is -0.135. The number of ether oxygens (including phenoxy) is 1. The number of aliphatic hydroxyl groups excluding tert-OH is 1. The van der Waals surface area contributed by atoms with Crippen molar-refractivity contribution in [3.63, 3.8) is 0 Å². The minimum atomic E-state index is -4.05. The Bertz CT molecular complexity index is 1220. The standard InChI is InChI=1S/C22H21F2N3O5S/c1-14(28)20(15-5-3-2-4-6-15)21(29)26-11-16-12-27(25-19(16)13-26)33(30,31)18-9-7-17(8-10-18)32-22(23)24/h2-10,12,14,20,22,28H,11,13H2,1H3/t14-,20+/m0/s1. The Hall–Kier alpha value is -3.31. The van der Waals surface area contributed by atoms with E-state index in [2.05, 4.69) is 9.84 Å². The van der Waals surface area contributed by atoms with E-state index < -0.39 is 28.7 Å². The van der Waals surface area contributed by atoms with Gasteiger partial charge in [0, 0.05) is 18.3 Å². The van der Waals surface area contributed by atoms with Gasteiger partial charge in [0.1, 0.15) is 5.75 Å². The molecule has 0 aliphatic carbocycles. The largest absolute Gasteiger partial charge is 0.435 e. The highest BCUT2D eigenvalue weighted by Crippen LogP contribution is 2.29. The summed E-state index contributed by atoms with van der Waals surface area (Å²) in [7, 11) is -4.05. The molecule has 0 radical (unpaired) electrons. The Kier molecular flexibility index (Phi) is 6.17. The van der Waals surface area contributed by atoms with Crippen molar-refractivity contribution in [3.05, 3.63) is 77.6 Å². The molecule has 33 heavy (non-hydrogen) atoms. The van der Waals surface area contributed by atoms with Gasteiger partial charge in [-0.05, 0) is 36.8 Å². The average Bonchev–Trinajstić information content (AvgIpc) is 3.34. The SMILES string of the molecule is C[C@H](O)[C@@H](C(=O)N1Cc2cn(S(=O)(=O)c3ccc(OC(F)F)cc3)nc2C1)c1ccccc1. The Morgan fingerprint density at radius 1 is 1.09 bits per heavy atom. The quantitative estimate of drug-likeness (QED) is 0.562. The molecule has 8 nitrogen and oxygen atoms in total. The van der Waals surface area contributed by atoms with Crippen LogP contribution in [0.2, 0.25) is 0 Å². The van der Waals surface area contributed by atoms with E-state index in [4.69, 9.17) is 0 Å². The Balaban J connectivity index is 1.51. The lowest BCUT2D eigenvalue weighted by Gasteiger charge is -2.25. The third kappa shape index (κ3) is 4.60. The van der Waals surface area contributed by atoms with Crippen molar-refractivity contribution in [2.75, 3.05) is 0 Å². The van der Waals surface area contributed by atoms with Gasteiger partial charge in [0.15, 0.2) is 0 Å². The minimum absolute atomic E-state index is 0.105. The molecule has 1 amide bonds. The van der Waals surface area contributed by atoms with Crippen molar-refractivity contribution in [2.45, 2.75) is 43.5 Å². The van der Waals surface area contributed by atoms with E-state index in [0.29, 0.717) is 16.8 Å². The molecule has 3 aromatic rings. The summed E-state index contributed by atoms with van der Waals surface area (Å²) in [5.41, 5.74) is 1.69. The molecular formula is C22H21F2N3O5S. The number of rotatable bonds is 7. The molecule has 11 heteroatoms. The molecule has 0 fully saturated rings. The maximum Gasteiger partial charge on any atom is 0.387 e. The molecule has 4 rings (SSSR count). The minimum Gasteiger partial charge on any atom is -0.435 e. The van der Waals surface area contributed by atoms with E-state index >= 15 is 0 Å².